The van der Waals surface area contributed by atoms with Crippen molar-refractivity contribution < 1.29 is 24.6 Å². The first-order valence-corrected chi connectivity index (χ1v) is 15.7. The number of aryl methyl sites for hydroxylation is 1. The molecule has 1 heterocycles. The Morgan fingerprint density at radius 3 is 2.43 bits per heavy atom. The first-order chi connectivity index (χ1) is 20.0. The minimum Gasteiger partial charge on any atom is -0.508 e. The maximum Gasteiger partial charge on any atom is 0.255 e. The second-order valence-corrected chi connectivity index (χ2v) is 13.5. The zero-order chi connectivity index (χ0) is 30.4. The number of hydrogen-bond acceptors (Lipinski definition) is 7. The number of hydrogen-bond donors (Lipinski definition) is 4. The summed E-state index contributed by atoms with van der Waals surface area (Å²) < 4.78 is -0.596. The largest absolute Gasteiger partial charge is 0.508 e. The van der Waals surface area contributed by atoms with Crippen LogP contribution in [0.15, 0.2) is 77.7 Å². The van der Waals surface area contributed by atoms with Gasteiger partial charge in [-0.15, -0.1) is 23.5 Å². The maximum atomic E-state index is 13.9. The van der Waals surface area contributed by atoms with E-state index >= 15 is 0 Å². The Bertz CT molecular complexity index is 1430. The molecule has 1 unspecified atom stereocenters. The van der Waals surface area contributed by atoms with E-state index in [2.05, 4.69) is 10.6 Å². The lowest BCUT2D eigenvalue weighted by atomic mass is 9.99. The third-order valence-corrected chi connectivity index (χ3v) is 9.97. The van der Waals surface area contributed by atoms with E-state index in [1.165, 1.54) is 34.5 Å². The van der Waals surface area contributed by atoms with Crippen LogP contribution in [0, 0.1) is 13.8 Å². The highest BCUT2D eigenvalue weighted by atomic mass is 32.2. The Morgan fingerprint density at radius 1 is 1.02 bits per heavy atom. The Balaban J connectivity index is 1.54. The molecule has 222 valence electrons. The SMILES string of the molecule is Cc1ccccc1CNC(=O)C1N(C(=O)[C@@H](O)[C@H](CSc2ccccc2)NC(=O)c2cccc(O)c2C)CSC1(C)C. The summed E-state index contributed by atoms with van der Waals surface area (Å²) in [5.41, 5.74) is 2.68. The van der Waals surface area contributed by atoms with Crippen LogP contribution >= 0.6 is 23.5 Å². The van der Waals surface area contributed by atoms with Gasteiger partial charge < -0.3 is 25.7 Å². The van der Waals surface area contributed by atoms with Crippen molar-refractivity contribution in [2.75, 3.05) is 11.6 Å². The van der Waals surface area contributed by atoms with Crippen LogP contribution in [0.25, 0.3) is 0 Å². The molecule has 0 spiro atoms. The Labute approximate surface area is 255 Å². The van der Waals surface area contributed by atoms with Gasteiger partial charge in [0.15, 0.2) is 6.10 Å². The molecular weight excluding hydrogens is 571 g/mol. The van der Waals surface area contributed by atoms with E-state index in [4.69, 9.17) is 0 Å². The summed E-state index contributed by atoms with van der Waals surface area (Å²) >= 11 is 2.86. The summed E-state index contributed by atoms with van der Waals surface area (Å²) in [5.74, 6) is -1.04. The summed E-state index contributed by atoms with van der Waals surface area (Å²) in [6.45, 7) is 7.74. The summed E-state index contributed by atoms with van der Waals surface area (Å²) in [4.78, 5) is 42.9. The number of nitrogens with one attached hydrogen (secondary N) is 2. The molecule has 4 N–H and O–H groups in total. The van der Waals surface area contributed by atoms with E-state index in [0.29, 0.717) is 12.1 Å². The van der Waals surface area contributed by atoms with Gasteiger partial charge in [-0.1, -0.05) is 48.5 Å². The van der Waals surface area contributed by atoms with E-state index in [1.54, 1.807) is 19.1 Å². The summed E-state index contributed by atoms with van der Waals surface area (Å²) in [5, 5.41) is 27.3. The second kappa shape index (κ2) is 13.7. The number of carbonyl (C=O) groups excluding carboxylic acids is 3. The molecule has 0 aromatic heterocycles. The lowest BCUT2D eigenvalue weighted by molar-refractivity contribution is -0.147. The van der Waals surface area contributed by atoms with Crippen LogP contribution in [0.4, 0.5) is 0 Å². The van der Waals surface area contributed by atoms with Crippen LogP contribution in [0.5, 0.6) is 5.75 Å². The lowest BCUT2D eigenvalue weighted by Crippen LogP contribution is -2.58. The van der Waals surface area contributed by atoms with Crippen molar-refractivity contribution in [1.82, 2.24) is 15.5 Å². The zero-order valence-electron chi connectivity index (χ0n) is 24.2. The minimum absolute atomic E-state index is 0.0228. The first-order valence-electron chi connectivity index (χ1n) is 13.7. The molecule has 3 amide bonds. The van der Waals surface area contributed by atoms with Crippen LogP contribution in [-0.4, -0.2) is 67.4 Å². The molecule has 8 nitrogen and oxygen atoms in total. The molecule has 3 aromatic rings. The molecule has 3 aromatic carbocycles. The lowest BCUT2D eigenvalue weighted by Gasteiger charge is -2.33. The predicted octanol–water partition coefficient (Wildman–Crippen LogP) is 4.26. The molecule has 10 heteroatoms. The number of carbonyl (C=O) groups is 3. The van der Waals surface area contributed by atoms with Gasteiger partial charge in [-0.25, -0.2) is 0 Å². The van der Waals surface area contributed by atoms with Crippen molar-refractivity contribution >= 4 is 41.2 Å². The van der Waals surface area contributed by atoms with Crippen LogP contribution < -0.4 is 10.6 Å². The number of aliphatic hydroxyl groups is 1. The van der Waals surface area contributed by atoms with Crippen molar-refractivity contribution in [2.24, 2.45) is 0 Å². The second-order valence-electron chi connectivity index (χ2n) is 10.8. The van der Waals surface area contributed by atoms with Gasteiger partial charge in [-0.3, -0.25) is 14.4 Å². The van der Waals surface area contributed by atoms with Crippen molar-refractivity contribution in [2.45, 2.75) is 62.1 Å². The number of amides is 3. The fourth-order valence-corrected chi connectivity index (χ4v) is 7.00. The number of rotatable bonds is 10. The number of aliphatic hydroxyl groups excluding tert-OH is 1. The number of phenolic OH excluding ortho intramolecular Hbond substituents is 1. The van der Waals surface area contributed by atoms with Crippen molar-refractivity contribution in [1.29, 1.82) is 0 Å². The van der Waals surface area contributed by atoms with E-state index in [9.17, 15) is 24.6 Å². The standard InChI is InChI=1S/C32H37N3O5S2/c1-20-11-8-9-12-22(20)17-33-30(39)28-32(3,4)42-19-35(28)31(40)27(37)25(18-41-23-13-6-5-7-14-23)34-29(38)24-15-10-16-26(36)21(24)2/h5-16,25,27-28,36-37H,17-19H2,1-4H3,(H,33,39)(H,34,38)/t25-,27-,28?/m0/s1. The maximum absolute atomic E-state index is 13.9. The molecule has 0 saturated carbocycles. The zero-order valence-corrected chi connectivity index (χ0v) is 25.8. The highest BCUT2D eigenvalue weighted by molar-refractivity contribution is 8.01. The number of thioether (sulfide) groups is 2. The molecule has 0 aliphatic carbocycles. The molecule has 1 fully saturated rings. The molecule has 0 bridgehead atoms. The summed E-state index contributed by atoms with van der Waals surface area (Å²) in [7, 11) is 0. The van der Waals surface area contributed by atoms with Crippen LogP contribution in [0.3, 0.4) is 0 Å². The summed E-state index contributed by atoms with van der Waals surface area (Å²) in [6.07, 6.45) is -1.61. The minimum atomic E-state index is -1.61. The van der Waals surface area contributed by atoms with Gasteiger partial charge >= 0.3 is 0 Å². The van der Waals surface area contributed by atoms with E-state index in [1.807, 2.05) is 75.4 Å². The molecule has 4 rings (SSSR count). The number of phenols is 1. The molecule has 1 aliphatic heterocycles. The average Bonchev–Trinajstić information content (AvgIpc) is 3.30. The Morgan fingerprint density at radius 2 is 1.71 bits per heavy atom. The van der Waals surface area contributed by atoms with Crippen LogP contribution in [-0.2, 0) is 16.1 Å². The molecule has 0 radical (unpaired) electrons. The van der Waals surface area contributed by atoms with E-state index in [0.717, 1.165) is 16.0 Å². The molecule has 1 saturated heterocycles. The number of nitrogens with zero attached hydrogens (tertiary/aromatic N) is 1. The van der Waals surface area contributed by atoms with Gasteiger partial charge in [0, 0.05) is 33.1 Å². The smallest absolute Gasteiger partial charge is 0.255 e. The van der Waals surface area contributed by atoms with Crippen molar-refractivity contribution in [3.05, 3.63) is 95.1 Å². The third-order valence-electron chi connectivity index (χ3n) is 7.46. The number of benzene rings is 3. The average molecular weight is 608 g/mol. The van der Waals surface area contributed by atoms with Gasteiger partial charge in [0.25, 0.3) is 11.8 Å². The van der Waals surface area contributed by atoms with Gasteiger partial charge in [-0.2, -0.15) is 0 Å². The van der Waals surface area contributed by atoms with Crippen molar-refractivity contribution in [3.63, 3.8) is 0 Å². The molecule has 42 heavy (non-hydrogen) atoms. The third kappa shape index (κ3) is 7.29. The summed E-state index contributed by atoms with van der Waals surface area (Å²) in [6, 6.07) is 20.1. The normalized spacial score (nSPS) is 17.4. The monoisotopic (exact) mass is 607 g/mol. The van der Waals surface area contributed by atoms with E-state index < -0.39 is 34.7 Å². The number of aromatic hydroxyl groups is 1. The first kappa shape index (κ1) is 31.5. The quantitative estimate of drug-likeness (QED) is 0.255. The fraction of sp³-hybridized carbons (Fsp3) is 0.344. The van der Waals surface area contributed by atoms with Crippen LogP contribution in [0.1, 0.15) is 40.9 Å². The predicted molar refractivity (Wildman–Crippen MR) is 167 cm³/mol. The topological polar surface area (TPSA) is 119 Å². The van der Waals surface area contributed by atoms with E-state index in [-0.39, 0.29) is 28.8 Å². The van der Waals surface area contributed by atoms with Gasteiger partial charge in [-0.05, 0) is 63.1 Å². The Hall–Kier alpha value is -3.47. The van der Waals surface area contributed by atoms with Crippen molar-refractivity contribution in [3.8, 4) is 5.75 Å². The Kier molecular flexibility index (Phi) is 10.2. The molecule has 1 aliphatic rings. The van der Waals surface area contributed by atoms with Gasteiger partial charge in [0.2, 0.25) is 5.91 Å². The van der Waals surface area contributed by atoms with Crippen LogP contribution in [0.2, 0.25) is 0 Å². The fourth-order valence-electron chi connectivity index (χ4n) is 4.87. The van der Waals surface area contributed by atoms with Gasteiger partial charge in [0.05, 0.1) is 11.9 Å². The molecular formula is C32H37N3O5S2. The van der Waals surface area contributed by atoms with Gasteiger partial charge in [0.1, 0.15) is 11.8 Å². The highest BCUT2D eigenvalue weighted by Crippen LogP contribution is 2.40. The highest BCUT2D eigenvalue weighted by Gasteiger charge is 2.49. The molecule has 3 atom stereocenters.